The average molecular weight is 351 g/mol. The first kappa shape index (κ1) is 21.9. The largest absolute Gasteiger partial charge is 0.393 e. The number of allylic oxidation sites excluding steroid dienone is 2. The van der Waals surface area contributed by atoms with Crippen LogP contribution in [0.15, 0.2) is 12.2 Å². The minimum absolute atomic E-state index is 0.157. The highest BCUT2D eigenvalue weighted by Gasteiger charge is 2.32. The van der Waals surface area contributed by atoms with Gasteiger partial charge in [0.05, 0.1) is 12.3 Å². The fourth-order valence-corrected chi connectivity index (χ4v) is 3.51. The van der Waals surface area contributed by atoms with Crippen molar-refractivity contribution in [3.8, 4) is 0 Å². The van der Waals surface area contributed by atoms with E-state index in [9.17, 15) is 9.59 Å². The maximum absolute atomic E-state index is 11.3. The highest BCUT2D eigenvalue weighted by Crippen LogP contribution is 2.22. The third kappa shape index (κ3) is 12.0. The maximum atomic E-state index is 11.3. The molecule has 1 unspecified atom stereocenters. The molecule has 1 rings (SSSR count). The number of carbonyl (C=O) groups is 2. The van der Waals surface area contributed by atoms with Crippen LogP contribution in [0.3, 0.4) is 0 Å². The van der Waals surface area contributed by atoms with Crippen molar-refractivity contribution in [1.82, 2.24) is 0 Å². The van der Waals surface area contributed by atoms with Gasteiger partial charge in [-0.3, -0.25) is 9.59 Å². The average Bonchev–Trinajstić information content (AvgIpc) is 2.92. The minimum atomic E-state index is -0.344. The molecule has 1 atom stereocenters. The molecule has 1 aliphatic rings. The number of ether oxygens (including phenoxy) is 1. The zero-order valence-corrected chi connectivity index (χ0v) is 16.3. The first-order valence-electron chi connectivity index (χ1n) is 10.6. The van der Waals surface area contributed by atoms with Crippen LogP contribution in [-0.2, 0) is 14.3 Å². The fourth-order valence-electron chi connectivity index (χ4n) is 3.51. The van der Waals surface area contributed by atoms with Gasteiger partial charge in [-0.25, -0.2) is 0 Å². The second-order valence-corrected chi connectivity index (χ2v) is 7.44. The van der Waals surface area contributed by atoms with Gasteiger partial charge in [0.25, 0.3) is 0 Å². The highest BCUT2D eigenvalue weighted by atomic mass is 16.6. The Hall–Kier alpha value is -1.12. The molecule has 0 aromatic rings. The van der Waals surface area contributed by atoms with Crippen LogP contribution < -0.4 is 0 Å². The molecule has 0 saturated carbocycles. The van der Waals surface area contributed by atoms with Gasteiger partial charge in [0.1, 0.15) is 0 Å². The van der Waals surface area contributed by atoms with Crippen molar-refractivity contribution in [2.45, 2.75) is 110 Å². The molecule has 3 heteroatoms. The highest BCUT2D eigenvalue weighted by molar-refractivity contribution is 5.94. The van der Waals surface area contributed by atoms with E-state index in [1.165, 1.54) is 83.5 Å². The summed E-state index contributed by atoms with van der Waals surface area (Å²) in [4.78, 5) is 22.3. The third-order valence-corrected chi connectivity index (χ3v) is 5.12. The summed E-state index contributed by atoms with van der Waals surface area (Å²) in [6.45, 7) is 2.09. The molecule has 0 aromatic carbocycles. The SMILES string of the molecule is CC=CCCCCCCCCCCCCCCCC1CC(=O)OC1=O. The smallest absolute Gasteiger partial charge is 0.317 e. The zero-order valence-electron chi connectivity index (χ0n) is 16.3. The van der Waals surface area contributed by atoms with Gasteiger partial charge in [-0.05, 0) is 26.2 Å². The third-order valence-electron chi connectivity index (χ3n) is 5.12. The summed E-state index contributed by atoms with van der Waals surface area (Å²) in [6.07, 6.45) is 24.0. The first-order chi connectivity index (χ1) is 12.2. The number of unbranched alkanes of at least 4 members (excludes halogenated alkanes) is 13. The zero-order chi connectivity index (χ0) is 18.2. The molecule has 0 aromatic heterocycles. The summed E-state index contributed by atoms with van der Waals surface area (Å²) in [7, 11) is 0. The van der Waals surface area contributed by atoms with Crippen molar-refractivity contribution in [3.05, 3.63) is 12.2 Å². The van der Waals surface area contributed by atoms with E-state index in [1.807, 2.05) is 0 Å². The fraction of sp³-hybridized carbons (Fsp3) is 0.818. The monoisotopic (exact) mass is 350 g/mol. The molecule has 0 aliphatic carbocycles. The predicted octanol–water partition coefficient (Wildman–Crippen LogP) is 6.50. The lowest BCUT2D eigenvalue weighted by Crippen LogP contribution is -2.06. The van der Waals surface area contributed by atoms with Crippen molar-refractivity contribution in [1.29, 1.82) is 0 Å². The summed E-state index contributed by atoms with van der Waals surface area (Å²) in [6, 6.07) is 0. The molecule has 0 radical (unpaired) electrons. The molecule has 0 spiro atoms. The number of rotatable bonds is 16. The van der Waals surface area contributed by atoms with E-state index < -0.39 is 0 Å². The summed E-state index contributed by atoms with van der Waals surface area (Å²) in [5.74, 6) is -0.804. The molecule has 1 fully saturated rings. The molecule has 25 heavy (non-hydrogen) atoms. The summed E-state index contributed by atoms with van der Waals surface area (Å²) >= 11 is 0. The van der Waals surface area contributed by atoms with Crippen LogP contribution in [0.25, 0.3) is 0 Å². The van der Waals surface area contributed by atoms with Crippen molar-refractivity contribution < 1.29 is 14.3 Å². The number of carbonyl (C=O) groups excluding carboxylic acids is 2. The van der Waals surface area contributed by atoms with Gasteiger partial charge in [0.15, 0.2) is 0 Å². The van der Waals surface area contributed by atoms with Crippen molar-refractivity contribution in [2.24, 2.45) is 5.92 Å². The van der Waals surface area contributed by atoms with E-state index in [2.05, 4.69) is 23.8 Å². The van der Waals surface area contributed by atoms with Gasteiger partial charge in [-0.1, -0.05) is 89.2 Å². The van der Waals surface area contributed by atoms with Crippen molar-refractivity contribution in [3.63, 3.8) is 0 Å². The first-order valence-corrected chi connectivity index (χ1v) is 10.6. The Kier molecular flexibility index (Phi) is 13.3. The topological polar surface area (TPSA) is 43.4 Å². The summed E-state index contributed by atoms with van der Waals surface area (Å²) in [5, 5.41) is 0. The van der Waals surface area contributed by atoms with Gasteiger partial charge < -0.3 is 4.74 Å². The Morgan fingerprint density at radius 1 is 0.800 bits per heavy atom. The van der Waals surface area contributed by atoms with E-state index in [1.54, 1.807) is 0 Å². The van der Waals surface area contributed by atoms with Gasteiger partial charge in [0, 0.05) is 0 Å². The van der Waals surface area contributed by atoms with Gasteiger partial charge in [-0.2, -0.15) is 0 Å². The van der Waals surface area contributed by atoms with Gasteiger partial charge in [0.2, 0.25) is 0 Å². The minimum Gasteiger partial charge on any atom is -0.393 e. The second-order valence-electron chi connectivity index (χ2n) is 7.44. The standard InChI is InChI=1S/C22H38O3/c1-2-3-4-5-6-7-8-9-10-11-12-13-14-15-16-17-18-20-19-21(23)25-22(20)24/h2-3,20H,4-19H2,1H3. The maximum Gasteiger partial charge on any atom is 0.317 e. The molecular formula is C22H38O3. The lowest BCUT2D eigenvalue weighted by Gasteiger charge is -2.05. The molecule has 0 N–H and O–H groups in total. The normalized spacial score (nSPS) is 17.6. The van der Waals surface area contributed by atoms with Crippen LogP contribution in [0.1, 0.15) is 110 Å². The van der Waals surface area contributed by atoms with E-state index in [0.717, 1.165) is 12.8 Å². The van der Waals surface area contributed by atoms with E-state index >= 15 is 0 Å². The Morgan fingerprint density at radius 2 is 1.28 bits per heavy atom. The Bertz CT molecular complexity index is 387. The van der Waals surface area contributed by atoms with Crippen LogP contribution in [0, 0.1) is 5.92 Å². The summed E-state index contributed by atoms with van der Waals surface area (Å²) < 4.78 is 4.57. The number of esters is 2. The van der Waals surface area contributed by atoms with Crippen LogP contribution in [0.4, 0.5) is 0 Å². The number of hydrogen-bond donors (Lipinski definition) is 0. The van der Waals surface area contributed by atoms with Crippen LogP contribution in [0.5, 0.6) is 0 Å². The van der Waals surface area contributed by atoms with Crippen molar-refractivity contribution in [2.75, 3.05) is 0 Å². The lowest BCUT2D eigenvalue weighted by molar-refractivity contribution is -0.153. The molecule has 1 aliphatic heterocycles. The van der Waals surface area contributed by atoms with Gasteiger partial charge in [-0.15, -0.1) is 0 Å². The van der Waals surface area contributed by atoms with Crippen LogP contribution >= 0.6 is 0 Å². The van der Waals surface area contributed by atoms with E-state index in [0.29, 0.717) is 6.42 Å². The van der Waals surface area contributed by atoms with Crippen LogP contribution in [0.2, 0.25) is 0 Å². The molecule has 0 bridgehead atoms. The quantitative estimate of drug-likeness (QED) is 0.138. The van der Waals surface area contributed by atoms with Gasteiger partial charge >= 0.3 is 11.9 Å². The molecule has 144 valence electrons. The molecule has 0 amide bonds. The number of hydrogen-bond acceptors (Lipinski definition) is 3. The second kappa shape index (κ2) is 15.2. The summed E-state index contributed by atoms with van der Waals surface area (Å²) in [5.41, 5.74) is 0. The Labute approximate surface area is 154 Å². The van der Waals surface area contributed by atoms with E-state index in [-0.39, 0.29) is 17.9 Å². The van der Waals surface area contributed by atoms with Crippen molar-refractivity contribution >= 4 is 11.9 Å². The molecule has 3 nitrogen and oxygen atoms in total. The Morgan fingerprint density at radius 3 is 1.72 bits per heavy atom. The predicted molar refractivity (Wildman–Crippen MR) is 103 cm³/mol. The molecule has 1 saturated heterocycles. The lowest BCUT2D eigenvalue weighted by atomic mass is 9.98. The number of cyclic esters (lactones) is 2. The van der Waals surface area contributed by atoms with E-state index in [4.69, 9.17) is 0 Å². The van der Waals surface area contributed by atoms with Crippen LogP contribution in [-0.4, -0.2) is 11.9 Å². The molecular weight excluding hydrogens is 312 g/mol. The molecule has 1 heterocycles. The Balaban J connectivity index is 1.73.